The lowest BCUT2D eigenvalue weighted by molar-refractivity contribution is -0.112. The maximum absolute atomic E-state index is 11.6. The molecule has 1 N–H and O–H groups in total. The van der Waals surface area contributed by atoms with Crippen LogP contribution in [0.1, 0.15) is 30.6 Å². The number of carbonyl (C=O) groups excluding carboxylic acids is 2. The summed E-state index contributed by atoms with van der Waals surface area (Å²) in [5.41, 5.74) is 1.78. The molecule has 0 saturated carbocycles. The third-order valence-electron chi connectivity index (χ3n) is 3.18. The zero-order valence-electron chi connectivity index (χ0n) is 11.2. The quantitative estimate of drug-likeness (QED) is 0.858. The molecule has 1 aromatic rings. The SMILES string of the molecule is CC(C)N(CCC#N)c1cc2c(cc1Br)C(=O)C(=O)N2. The summed E-state index contributed by atoms with van der Waals surface area (Å²) < 4.78 is 0.743. The average Bonchev–Trinajstić information content (AvgIpc) is 2.66. The van der Waals surface area contributed by atoms with Gasteiger partial charge in [0.15, 0.2) is 0 Å². The number of halogens is 1. The van der Waals surface area contributed by atoms with Gasteiger partial charge in [-0.3, -0.25) is 9.59 Å². The van der Waals surface area contributed by atoms with Crippen molar-refractivity contribution in [3.8, 4) is 6.07 Å². The fraction of sp³-hybridized carbons (Fsp3) is 0.357. The zero-order valence-corrected chi connectivity index (χ0v) is 12.8. The molecule has 1 aliphatic rings. The number of nitrogens with one attached hydrogen (secondary N) is 1. The molecule has 20 heavy (non-hydrogen) atoms. The molecule has 1 amide bonds. The van der Waals surface area contributed by atoms with Crippen LogP contribution in [0, 0.1) is 11.3 Å². The van der Waals surface area contributed by atoms with Gasteiger partial charge in [-0.15, -0.1) is 0 Å². The first kappa shape index (κ1) is 14.5. The molecule has 0 fully saturated rings. The highest BCUT2D eigenvalue weighted by atomic mass is 79.9. The number of ketones is 1. The van der Waals surface area contributed by atoms with E-state index in [2.05, 4.69) is 32.2 Å². The van der Waals surface area contributed by atoms with Gasteiger partial charge in [-0.2, -0.15) is 5.26 Å². The number of nitrogens with zero attached hydrogens (tertiary/aromatic N) is 2. The van der Waals surface area contributed by atoms with Crippen LogP contribution >= 0.6 is 15.9 Å². The lowest BCUT2D eigenvalue weighted by atomic mass is 10.1. The van der Waals surface area contributed by atoms with Gasteiger partial charge in [-0.05, 0) is 41.9 Å². The Morgan fingerprint density at radius 2 is 2.10 bits per heavy atom. The molecule has 104 valence electrons. The van der Waals surface area contributed by atoms with Crippen LogP contribution in [0.5, 0.6) is 0 Å². The molecule has 0 saturated heterocycles. The van der Waals surface area contributed by atoms with Gasteiger partial charge in [0.1, 0.15) is 0 Å². The highest BCUT2D eigenvalue weighted by Crippen LogP contribution is 2.36. The number of amides is 1. The van der Waals surface area contributed by atoms with Crippen molar-refractivity contribution < 1.29 is 9.59 Å². The van der Waals surface area contributed by atoms with Crippen molar-refractivity contribution in [3.05, 3.63) is 22.2 Å². The van der Waals surface area contributed by atoms with Crippen LogP contribution < -0.4 is 10.2 Å². The van der Waals surface area contributed by atoms with Crippen LogP contribution in [-0.2, 0) is 4.79 Å². The molecule has 0 radical (unpaired) electrons. The number of hydrogen-bond acceptors (Lipinski definition) is 4. The number of nitriles is 1. The topological polar surface area (TPSA) is 73.2 Å². The Bertz CT molecular complexity index is 620. The largest absolute Gasteiger partial charge is 0.367 e. The summed E-state index contributed by atoms with van der Waals surface area (Å²) in [6, 6.07) is 5.76. The second-order valence-electron chi connectivity index (χ2n) is 4.83. The number of fused-ring (bicyclic) bond motifs is 1. The molecular formula is C14H14BrN3O2. The van der Waals surface area contributed by atoms with Crippen LogP contribution in [-0.4, -0.2) is 24.3 Å². The number of carbonyl (C=O) groups is 2. The fourth-order valence-electron chi connectivity index (χ4n) is 2.20. The third kappa shape index (κ3) is 2.54. The van der Waals surface area contributed by atoms with Crippen molar-refractivity contribution in [2.24, 2.45) is 0 Å². The Balaban J connectivity index is 2.43. The van der Waals surface area contributed by atoms with Crippen molar-refractivity contribution in [2.45, 2.75) is 26.3 Å². The third-order valence-corrected chi connectivity index (χ3v) is 3.82. The minimum Gasteiger partial charge on any atom is -0.367 e. The second kappa shape index (κ2) is 5.63. The molecule has 5 nitrogen and oxygen atoms in total. The van der Waals surface area contributed by atoms with E-state index < -0.39 is 11.7 Å². The first-order valence-electron chi connectivity index (χ1n) is 6.28. The number of rotatable bonds is 4. The van der Waals surface area contributed by atoms with E-state index in [0.717, 1.165) is 10.2 Å². The van der Waals surface area contributed by atoms with Crippen molar-refractivity contribution in [1.29, 1.82) is 5.26 Å². The Hall–Kier alpha value is -1.87. The fourth-order valence-corrected chi connectivity index (χ4v) is 2.77. The first-order chi connectivity index (χ1) is 9.45. The number of hydrogen-bond donors (Lipinski definition) is 1. The van der Waals surface area contributed by atoms with E-state index in [1.54, 1.807) is 12.1 Å². The Morgan fingerprint density at radius 3 is 2.70 bits per heavy atom. The monoisotopic (exact) mass is 335 g/mol. The molecule has 0 aliphatic carbocycles. The smallest absolute Gasteiger partial charge is 0.296 e. The second-order valence-corrected chi connectivity index (χ2v) is 5.68. The summed E-state index contributed by atoms with van der Waals surface area (Å²) >= 11 is 3.44. The molecular weight excluding hydrogens is 322 g/mol. The van der Waals surface area contributed by atoms with E-state index in [-0.39, 0.29) is 6.04 Å². The molecule has 0 spiro atoms. The highest BCUT2D eigenvalue weighted by Gasteiger charge is 2.30. The Kier molecular flexibility index (Phi) is 4.09. The van der Waals surface area contributed by atoms with Gasteiger partial charge in [0.25, 0.3) is 11.7 Å². The van der Waals surface area contributed by atoms with Crippen molar-refractivity contribution in [2.75, 3.05) is 16.8 Å². The number of Topliss-reactive ketones (excluding diaryl/α,β-unsaturated/α-hetero) is 1. The van der Waals surface area contributed by atoms with E-state index in [4.69, 9.17) is 5.26 Å². The van der Waals surface area contributed by atoms with E-state index >= 15 is 0 Å². The minimum atomic E-state index is -0.600. The molecule has 1 aromatic carbocycles. The molecule has 2 rings (SSSR count). The molecule has 6 heteroatoms. The maximum Gasteiger partial charge on any atom is 0.296 e. The number of anilines is 2. The van der Waals surface area contributed by atoms with Crippen molar-refractivity contribution >= 4 is 39.0 Å². The molecule has 0 bridgehead atoms. The van der Waals surface area contributed by atoms with Crippen LogP contribution in [0.25, 0.3) is 0 Å². The van der Waals surface area contributed by atoms with Crippen molar-refractivity contribution in [1.82, 2.24) is 0 Å². The van der Waals surface area contributed by atoms with Gasteiger partial charge >= 0.3 is 0 Å². The van der Waals surface area contributed by atoms with Crippen LogP contribution in [0.3, 0.4) is 0 Å². The predicted molar refractivity (Wildman–Crippen MR) is 79.8 cm³/mol. The summed E-state index contributed by atoms with van der Waals surface area (Å²) in [6.07, 6.45) is 0.410. The van der Waals surface area contributed by atoms with Crippen LogP contribution in [0.15, 0.2) is 16.6 Å². The van der Waals surface area contributed by atoms with Gasteiger partial charge in [-0.25, -0.2) is 0 Å². The van der Waals surface area contributed by atoms with Gasteiger partial charge in [0.2, 0.25) is 0 Å². The number of benzene rings is 1. The van der Waals surface area contributed by atoms with Crippen molar-refractivity contribution in [3.63, 3.8) is 0 Å². The standard InChI is InChI=1S/C14H14BrN3O2/c1-8(2)18(5-3-4-16)12-7-11-9(6-10(12)15)13(19)14(20)17-11/h6-8H,3,5H2,1-2H3,(H,17,19,20). The maximum atomic E-state index is 11.6. The van der Waals surface area contributed by atoms with Crippen LogP contribution in [0.4, 0.5) is 11.4 Å². The Labute approximate surface area is 125 Å². The highest BCUT2D eigenvalue weighted by molar-refractivity contribution is 9.10. The van der Waals surface area contributed by atoms with Gasteiger partial charge in [0, 0.05) is 17.1 Å². The minimum absolute atomic E-state index is 0.200. The van der Waals surface area contributed by atoms with Crippen LogP contribution in [0.2, 0.25) is 0 Å². The van der Waals surface area contributed by atoms with Gasteiger partial charge < -0.3 is 10.2 Å². The lowest BCUT2D eigenvalue weighted by Crippen LogP contribution is -2.31. The van der Waals surface area contributed by atoms with E-state index in [0.29, 0.717) is 24.2 Å². The summed E-state index contributed by atoms with van der Waals surface area (Å²) in [6.45, 7) is 4.65. The summed E-state index contributed by atoms with van der Waals surface area (Å²) in [7, 11) is 0. The molecule has 1 heterocycles. The van der Waals surface area contributed by atoms with E-state index in [9.17, 15) is 9.59 Å². The molecule has 0 aromatic heterocycles. The molecule has 0 unspecified atom stereocenters. The normalized spacial score (nSPS) is 13.2. The first-order valence-corrected chi connectivity index (χ1v) is 7.07. The summed E-state index contributed by atoms with van der Waals surface area (Å²) in [4.78, 5) is 25.1. The lowest BCUT2D eigenvalue weighted by Gasteiger charge is -2.29. The Morgan fingerprint density at radius 1 is 1.40 bits per heavy atom. The van der Waals surface area contributed by atoms with E-state index in [1.807, 2.05) is 13.8 Å². The zero-order chi connectivity index (χ0) is 14.9. The van der Waals surface area contributed by atoms with Gasteiger partial charge in [0.05, 0.1) is 29.4 Å². The molecule has 1 aliphatic heterocycles. The average molecular weight is 336 g/mol. The predicted octanol–water partition coefficient (Wildman–Crippen LogP) is 2.71. The van der Waals surface area contributed by atoms with Gasteiger partial charge in [-0.1, -0.05) is 0 Å². The molecule has 0 atom stereocenters. The summed E-state index contributed by atoms with van der Waals surface area (Å²) in [5.74, 6) is -1.11. The van der Waals surface area contributed by atoms with E-state index in [1.165, 1.54) is 0 Å². The summed E-state index contributed by atoms with van der Waals surface area (Å²) in [5, 5.41) is 11.3.